The van der Waals surface area contributed by atoms with Gasteiger partial charge in [0.05, 0.1) is 0 Å². The first kappa shape index (κ1) is 8.34. The summed E-state index contributed by atoms with van der Waals surface area (Å²) in [5.41, 5.74) is 1.12. The van der Waals surface area contributed by atoms with Gasteiger partial charge in [-0.25, -0.2) is 0 Å². The van der Waals surface area contributed by atoms with Crippen LogP contribution in [0.4, 0.5) is 0 Å². The van der Waals surface area contributed by atoms with E-state index in [2.05, 4.69) is 28.5 Å². The quantitative estimate of drug-likeness (QED) is 0.432. The molecule has 0 saturated carbocycles. The third-order valence-corrected chi connectivity index (χ3v) is 2.84. The zero-order valence-corrected chi connectivity index (χ0v) is 9.46. The maximum absolute atomic E-state index is 3.11. The van der Waals surface area contributed by atoms with Crippen molar-refractivity contribution >= 4 is 18.6 Å². The van der Waals surface area contributed by atoms with Crippen LogP contribution in [0, 0.1) is 9.85 Å². The second kappa shape index (κ2) is 4.97. The molecule has 0 aliphatic carbocycles. The summed E-state index contributed by atoms with van der Waals surface area (Å²) in [6.07, 6.45) is 0. The Labute approximate surface area is 80.8 Å². The van der Waals surface area contributed by atoms with Crippen LogP contribution >= 0.6 is 18.6 Å². The summed E-state index contributed by atoms with van der Waals surface area (Å²) in [5, 5.41) is 0. The number of hydrogen-bond donors (Lipinski definition) is 0. The van der Waals surface area contributed by atoms with Gasteiger partial charge in [0.15, 0.2) is 0 Å². The predicted octanol–water partition coefficient (Wildman–Crippen LogP) is -0.565. The minimum atomic E-state index is 0.0905. The van der Waals surface area contributed by atoms with Gasteiger partial charge in [-0.05, 0) is 0 Å². The summed E-state index contributed by atoms with van der Waals surface area (Å²) < 4.78 is 3.11. The first-order valence-electron chi connectivity index (χ1n) is 2.74. The van der Waals surface area contributed by atoms with E-state index in [9.17, 15) is 0 Å². The van der Waals surface area contributed by atoms with Crippen molar-refractivity contribution in [1.29, 1.82) is 0 Å². The standard InChI is InChI=1S/C8H5I2/c9-10-7-6-8-4-2-1-3-5-8/h1-5H/q-1. The van der Waals surface area contributed by atoms with Gasteiger partial charge in [-0.2, -0.15) is 0 Å². The Morgan fingerprint density at radius 1 is 1.20 bits per heavy atom. The van der Waals surface area contributed by atoms with Crippen molar-refractivity contribution in [2.45, 2.75) is 0 Å². The molecular weight excluding hydrogens is 350 g/mol. The molecule has 0 aromatic heterocycles. The zero-order valence-electron chi connectivity index (χ0n) is 5.14. The Hall–Kier alpha value is 0.240. The molecule has 0 bridgehead atoms. The molecule has 52 valence electrons. The molecule has 0 heterocycles. The first-order valence-corrected chi connectivity index (χ1v) is 10.1. The molecule has 1 rings (SSSR count). The van der Waals surface area contributed by atoms with Crippen LogP contribution in [-0.2, 0) is 0 Å². The van der Waals surface area contributed by atoms with Crippen molar-refractivity contribution in [2.75, 3.05) is 0 Å². The van der Waals surface area contributed by atoms with Crippen LogP contribution in [0.2, 0.25) is 0 Å². The summed E-state index contributed by atoms with van der Waals surface area (Å²) >= 11 is 2.44. The SMILES string of the molecule is I[I-]C#Cc1ccccc1. The van der Waals surface area contributed by atoms with E-state index < -0.39 is 0 Å². The second-order valence-electron chi connectivity index (χ2n) is 1.66. The molecule has 0 unspecified atom stereocenters. The van der Waals surface area contributed by atoms with E-state index in [-0.39, 0.29) is 17.2 Å². The normalized spacial score (nSPS) is 8.50. The number of hydrogen-bond acceptors (Lipinski definition) is 0. The van der Waals surface area contributed by atoms with Crippen molar-refractivity contribution in [3.8, 4) is 9.85 Å². The van der Waals surface area contributed by atoms with Crippen LogP contribution < -0.4 is 17.2 Å². The van der Waals surface area contributed by atoms with Gasteiger partial charge in [-0.3, -0.25) is 0 Å². The molecule has 10 heavy (non-hydrogen) atoms. The van der Waals surface area contributed by atoms with Gasteiger partial charge in [0.25, 0.3) is 0 Å². The van der Waals surface area contributed by atoms with Crippen molar-refractivity contribution in [1.82, 2.24) is 0 Å². The summed E-state index contributed by atoms with van der Waals surface area (Å²) in [6, 6.07) is 10.1. The molecule has 0 spiro atoms. The fourth-order valence-corrected chi connectivity index (χ4v) is 1.69. The molecule has 0 N–H and O–H groups in total. The molecule has 0 aliphatic heterocycles. The van der Waals surface area contributed by atoms with E-state index in [4.69, 9.17) is 0 Å². The Balaban J connectivity index is 2.76. The van der Waals surface area contributed by atoms with Gasteiger partial charge in [0.2, 0.25) is 0 Å². The van der Waals surface area contributed by atoms with E-state index in [1.54, 1.807) is 0 Å². The molecule has 0 nitrogen and oxygen atoms in total. The number of rotatable bonds is 0. The Kier molecular flexibility index (Phi) is 4.14. The van der Waals surface area contributed by atoms with Gasteiger partial charge >= 0.3 is 81.6 Å². The molecule has 1 aromatic rings. The molecular formula is C8H5I2-. The Morgan fingerprint density at radius 2 is 1.90 bits per heavy atom. The fourth-order valence-electron chi connectivity index (χ4n) is 0.594. The summed E-state index contributed by atoms with van der Waals surface area (Å²) in [4.78, 5) is 0. The van der Waals surface area contributed by atoms with Crippen LogP contribution in [0.1, 0.15) is 5.56 Å². The van der Waals surface area contributed by atoms with Crippen molar-refractivity contribution in [2.24, 2.45) is 0 Å². The fraction of sp³-hybridized carbons (Fsp3) is 0. The van der Waals surface area contributed by atoms with Crippen LogP contribution in [-0.4, -0.2) is 0 Å². The molecule has 0 fully saturated rings. The molecule has 0 atom stereocenters. The zero-order chi connectivity index (χ0) is 7.23. The average molecular weight is 355 g/mol. The molecule has 0 aliphatic rings. The van der Waals surface area contributed by atoms with E-state index in [1.165, 1.54) is 0 Å². The average Bonchev–Trinajstić information content (AvgIpc) is 2.03. The molecule has 0 radical (unpaired) electrons. The topological polar surface area (TPSA) is 0 Å². The number of halogens is 2. The van der Waals surface area contributed by atoms with Crippen LogP contribution in [0.25, 0.3) is 0 Å². The van der Waals surface area contributed by atoms with Crippen LogP contribution in [0.15, 0.2) is 30.3 Å². The molecule has 0 amide bonds. The third kappa shape index (κ3) is 2.88. The van der Waals surface area contributed by atoms with Crippen molar-refractivity contribution in [3.63, 3.8) is 0 Å². The first-order chi connectivity index (χ1) is 4.93. The third-order valence-electron chi connectivity index (χ3n) is 1.00. The maximum atomic E-state index is 3.11. The summed E-state index contributed by atoms with van der Waals surface area (Å²) in [6.45, 7) is 0. The van der Waals surface area contributed by atoms with Crippen LogP contribution in [0.5, 0.6) is 0 Å². The van der Waals surface area contributed by atoms with Gasteiger partial charge < -0.3 is 0 Å². The van der Waals surface area contributed by atoms with E-state index in [0.29, 0.717) is 0 Å². The van der Waals surface area contributed by atoms with Gasteiger partial charge in [-0.15, -0.1) is 0 Å². The van der Waals surface area contributed by atoms with Gasteiger partial charge in [-0.1, -0.05) is 0 Å². The van der Waals surface area contributed by atoms with E-state index >= 15 is 0 Å². The monoisotopic (exact) mass is 355 g/mol. The van der Waals surface area contributed by atoms with Gasteiger partial charge in [0.1, 0.15) is 0 Å². The Bertz CT molecular complexity index is 243. The van der Waals surface area contributed by atoms with Crippen LogP contribution in [0.3, 0.4) is 0 Å². The second-order valence-corrected chi connectivity index (χ2v) is 5.34. The van der Waals surface area contributed by atoms with E-state index in [1.807, 2.05) is 30.3 Å². The number of benzene rings is 1. The van der Waals surface area contributed by atoms with Crippen molar-refractivity contribution < 1.29 is 17.2 Å². The molecule has 0 saturated heterocycles. The molecule has 1 aromatic carbocycles. The van der Waals surface area contributed by atoms with Crippen molar-refractivity contribution in [3.05, 3.63) is 35.9 Å². The van der Waals surface area contributed by atoms with E-state index in [0.717, 1.165) is 5.56 Å². The van der Waals surface area contributed by atoms with Gasteiger partial charge in [0, 0.05) is 0 Å². The molecule has 2 heteroatoms. The minimum absolute atomic E-state index is 0.0905. The summed E-state index contributed by atoms with van der Waals surface area (Å²) in [5.74, 6) is 3.09. The summed E-state index contributed by atoms with van der Waals surface area (Å²) in [7, 11) is 0. The Morgan fingerprint density at radius 3 is 2.50 bits per heavy atom. The predicted molar refractivity (Wildman–Crippen MR) is 47.3 cm³/mol.